The Kier molecular flexibility index (Phi) is 6.43. The predicted octanol–water partition coefficient (Wildman–Crippen LogP) is 4.67. The van der Waals surface area contributed by atoms with Crippen LogP contribution < -0.4 is 10.6 Å². The van der Waals surface area contributed by atoms with Crippen LogP contribution in [-0.4, -0.2) is 42.9 Å². The van der Waals surface area contributed by atoms with Crippen molar-refractivity contribution in [2.45, 2.75) is 0 Å². The van der Waals surface area contributed by atoms with Gasteiger partial charge in [0.05, 0.1) is 33.9 Å². The van der Waals surface area contributed by atoms with E-state index in [2.05, 4.69) is 35.6 Å². The van der Waals surface area contributed by atoms with Crippen LogP contribution in [-0.2, 0) is 0 Å². The van der Waals surface area contributed by atoms with E-state index in [1.165, 1.54) is 12.3 Å². The van der Waals surface area contributed by atoms with Crippen molar-refractivity contribution in [2.75, 3.05) is 23.7 Å². The molecule has 0 atom stereocenters. The molecular weight excluding hydrogens is 455 g/mol. The van der Waals surface area contributed by atoms with Crippen molar-refractivity contribution in [1.82, 2.24) is 24.9 Å². The molecule has 3 aromatic heterocycles. The van der Waals surface area contributed by atoms with E-state index in [0.717, 1.165) is 11.3 Å². The smallest absolute Gasteiger partial charge is 0.287 e. The summed E-state index contributed by atoms with van der Waals surface area (Å²) < 4.78 is 0. The van der Waals surface area contributed by atoms with Crippen LogP contribution in [0.2, 0.25) is 10.0 Å². The van der Waals surface area contributed by atoms with Crippen LogP contribution in [0.4, 0.5) is 17.5 Å². The maximum Gasteiger partial charge on any atom is 0.287 e. The van der Waals surface area contributed by atoms with Gasteiger partial charge < -0.3 is 15.6 Å². The summed E-state index contributed by atoms with van der Waals surface area (Å²) in [5.74, 6) is 0.939. The largest absolute Gasteiger partial charge is 0.368 e. The third kappa shape index (κ3) is 4.93. The molecule has 1 aromatic carbocycles. The lowest BCUT2D eigenvalue weighted by atomic mass is 10.1. The number of nitrogens with one attached hydrogen (secondary N) is 3. The molecule has 162 valence electrons. The normalized spacial score (nSPS) is 10.7. The molecule has 0 aliphatic carbocycles. The Morgan fingerprint density at radius 3 is 2.53 bits per heavy atom. The number of H-pyrrole nitrogens is 1. The Hall–Kier alpha value is -3.76. The van der Waals surface area contributed by atoms with Gasteiger partial charge in [0.2, 0.25) is 5.95 Å². The molecule has 3 N–H and O–H groups in total. The number of benzene rings is 1. The van der Waals surface area contributed by atoms with Crippen molar-refractivity contribution in [3.05, 3.63) is 75.4 Å². The lowest BCUT2D eigenvalue weighted by Gasteiger charge is -2.12. The second kappa shape index (κ2) is 9.58. The number of nitrogens with zero attached hydrogens (tertiary/aromatic N) is 5. The van der Waals surface area contributed by atoms with Gasteiger partial charge in [-0.05, 0) is 24.3 Å². The van der Waals surface area contributed by atoms with Crippen LogP contribution in [0.5, 0.6) is 0 Å². The van der Waals surface area contributed by atoms with Crippen molar-refractivity contribution < 1.29 is 4.92 Å². The van der Waals surface area contributed by atoms with E-state index in [1.54, 1.807) is 43.0 Å². The molecular formula is C20H16Cl2N8O2. The summed E-state index contributed by atoms with van der Waals surface area (Å²) in [5.41, 5.74) is 2.76. The van der Waals surface area contributed by atoms with E-state index in [-0.39, 0.29) is 5.69 Å². The molecule has 0 aliphatic heterocycles. The quantitative estimate of drug-likeness (QED) is 0.192. The van der Waals surface area contributed by atoms with Crippen molar-refractivity contribution >= 4 is 40.7 Å². The first-order valence-electron chi connectivity index (χ1n) is 9.40. The molecule has 12 heteroatoms. The molecule has 3 heterocycles. The van der Waals surface area contributed by atoms with Gasteiger partial charge >= 0.3 is 0 Å². The number of pyridine rings is 1. The number of anilines is 2. The van der Waals surface area contributed by atoms with Gasteiger partial charge in [-0.3, -0.25) is 10.1 Å². The molecule has 0 radical (unpaired) electrons. The summed E-state index contributed by atoms with van der Waals surface area (Å²) in [6.07, 6.45) is 6.15. The Labute approximate surface area is 192 Å². The van der Waals surface area contributed by atoms with Gasteiger partial charge in [-0.25, -0.2) is 19.9 Å². The molecule has 0 spiro atoms. The number of halogens is 2. The molecule has 0 fully saturated rings. The number of imidazole rings is 1. The fourth-order valence-corrected chi connectivity index (χ4v) is 3.42. The first kappa shape index (κ1) is 21.5. The minimum absolute atomic E-state index is 0.0622. The molecule has 4 rings (SSSR count). The van der Waals surface area contributed by atoms with Crippen molar-refractivity contribution in [3.8, 4) is 22.5 Å². The minimum atomic E-state index is -0.493. The number of nitro groups is 1. The standard InChI is InChI=1S/C20H16Cl2N8O2/c21-12-1-3-14(16(22)7-12)19-15(17-10-23-11-28-17)9-27-20(29-19)25-6-5-24-18-4-2-13(8-26-18)30(31)32/h1-4,7-11H,5-6H2,(H,23,28)(H,24,26)(H,25,27,29). The zero-order valence-electron chi connectivity index (χ0n) is 16.4. The Morgan fingerprint density at radius 1 is 1.00 bits per heavy atom. The van der Waals surface area contributed by atoms with Gasteiger partial charge in [0.15, 0.2) is 0 Å². The Bertz CT molecular complexity index is 1230. The van der Waals surface area contributed by atoms with Crippen LogP contribution in [0.1, 0.15) is 0 Å². The Morgan fingerprint density at radius 2 is 1.84 bits per heavy atom. The lowest BCUT2D eigenvalue weighted by Crippen LogP contribution is -2.16. The number of aromatic nitrogens is 5. The molecule has 32 heavy (non-hydrogen) atoms. The average Bonchev–Trinajstić information content (AvgIpc) is 3.32. The first-order chi connectivity index (χ1) is 15.5. The fourth-order valence-electron chi connectivity index (χ4n) is 2.92. The lowest BCUT2D eigenvalue weighted by molar-refractivity contribution is -0.385. The molecule has 0 saturated heterocycles. The number of hydrogen-bond donors (Lipinski definition) is 3. The number of rotatable bonds is 8. The monoisotopic (exact) mass is 470 g/mol. The van der Waals surface area contributed by atoms with E-state index in [0.29, 0.717) is 46.2 Å². The minimum Gasteiger partial charge on any atom is -0.368 e. The second-order valence-electron chi connectivity index (χ2n) is 6.56. The highest BCUT2D eigenvalue weighted by molar-refractivity contribution is 6.36. The van der Waals surface area contributed by atoms with Crippen LogP contribution in [0.3, 0.4) is 0 Å². The second-order valence-corrected chi connectivity index (χ2v) is 7.40. The summed E-state index contributed by atoms with van der Waals surface area (Å²) in [7, 11) is 0. The van der Waals surface area contributed by atoms with Crippen molar-refractivity contribution in [1.29, 1.82) is 0 Å². The topological polar surface area (TPSA) is 135 Å². The predicted molar refractivity (Wildman–Crippen MR) is 123 cm³/mol. The third-order valence-corrected chi connectivity index (χ3v) is 4.98. The van der Waals surface area contributed by atoms with Gasteiger partial charge in [-0.2, -0.15) is 0 Å². The van der Waals surface area contributed by atoms with Gasteiger partial charge in [0, 0.05) is 41.5 Å². The van der Waals surface area contributed by atoms with Gasteiger partial charge in [0.25, 0.3) is 5.69 Å². The summed E-state index contributed by atoms with van der Waals surface area (Å²) in [6, 6.07) is 8.15. The molecule has 0 unspecified atom stereocenters. The summed E-state index contributed by atoms with van der Waals surface area (Å²) in [6.45, 7) is 0.976. The van der Waals surface area contributed by atoms with Crippen molar-refractivity contribution in [3.63, 3.8) is 0 Å². The third-order valence-electron chi connectivity index (χ3n) is 4.44. The number of hydrogen-bond acceptors (Lipinski definition) is 8. The SMILES string of the molecule is O=[N+]([O-])c1ccc(NCCNc2ncc(-c3cnc[nH]3)c(-c3ccc(Cl)cc3Cl)n2)nc1. The van der Waals surface area contributed by atoms with E-state index < -0.39 is 4.92 Å². The number of aromatic amines is 1. The highest BCUT2D eigenvalue weighted by Crippen LogP contribution is 2.35. The van der Waals surface area contributed by atoms with E-state index in [1.807, 2.05) is 0 Å². The van der Waals surface area contributed by atoms with Crippen LogP contribution in [0.25, 0.3) is 22.5 Å². The molecule has 0 aliphatic rings. The molecule has 0 amide bonds. The van der Waals surface area contributed by atoms with Gasteiger partial charge in [-0.1, -0.05) is 23.2 Å². The summed E-state index contributed by atoms with van der Waals surface area (Å²) in [5, 5.41) is 17.9. The molecule has 0 saturated carbocycles. The highest BCUT2D eigenvalue weighted by atomic mass is 35.5. The van der Waals surface area contributed by atoms with E-state index in [4.69, 9.17) is 23.2 Å². The molecule has 4 aromatic rings. The highest BCUT2D eigenvalue weighted by Gasteiger charge is 2.15. The van der Waals surface area contributed by atoms with Crippen LogP contribution in [0, 0.1) is 10.1 Å². The first-order valence-corrected chi connectivity index (χ1v) is 10.2. The maximum atomic E-state index is 10.7. The van der Waals surface area contributed by atoms with Crippen LogP contribution in [0.15, 0.2) is 55.2 Å². The van der Waals surface area contributed by atoms with E-state index in [9.17, 15) is 10.1 Å². The van der Waals surface area contributed by atoms with Crippen LogP contribution >= 0.6 is 23.2 Å². The summed E-state index contributed by atoms with van der Waals surface area (Å²) >= 11 is 12.5. The zero-order chi connectivity index (χ0) is 22.5. The zero-order valence-corrected chi connectivity index (χ0v) is 17.9. The Balaban J connectivity index is 1.49. The summed E-state index contributed by atoms with van der Waals surface area (Å²) in [4.78, 5) is 30.4. The molecule has 0 bridgehead atoms. The van der Waals surface area contributed by atoms with Gasteiger partial charge in [-0.15, -0.1) is 0 Å². The average molecular weight is 471 g/mol. The van der Waals surface area contributed by atoms with Gasteiger partial charge in [0.1, 0.15) is 12.0 Å². The molecule has 10 nitrogen and oxygen atoms in total. The van der Waals surface area contributed by atoms with E-state index >= 15 is 0 Å². The fraction of sp³-hybridized carbons (Fsp3) is 0.100. The maximum absolute atomic E-state index is 10.7. The van der Waals surface area contributed by atoms with Crippen molar-refractivity contribution in [2.24, 2.45) is 0 Å².